The molecule has 0 bridgehead atoms. The zero-order valence-electron chi connectivity index (χ0n) is 13.1. The molecule has 0 atom stereocenters. The molecule has 2 heterocycles. The van der Waals surface area contributed by atoms with E-state index in [0.717, 1.165) is 17.0 Å². The Hall–Kier alpha value is -2.66. The normalized spacial score (nSPS) is 12.9. The summed E-state index contributed by atoms with van der Waals surface area (Å²) in [6.45, 7) is 6.22. The SMILES string of the molecule is CCNC(=O)C(C#N)=c1sc(=Cc2nc[nH]c2C)c(=O)n1CC. The first kappa shape index (κ1) is 16.7. The second-order valence-electron chi connectivity index (χ2n) is 4.72. The van der Waals surface area contributed by atoms with Gasteiger partial charge >= 0.3 is 0 Å². The second-order valence-corrected chi connectivity index (χ2v) is 5.75. The standard InChI is InChI=1S/C15H17N5O2S/c1-4-17-13(21)10(7-16)15-20(5-2)14(22)12(23-15)6-11-9(3)18-8-19-11/h6,8H,4-5H2,1-3H3,(H,17,21)(H,18,19). The summed E-state index contributed by atoms with van der Waals surface area (Å²) < 4.78 is 2.24. The molecule has 0 saturated heterocycles. The van der Waals surface area contributed by atoms with Gasteiger partial charge in [0.15, 0.2) is 5.57 Å². The zero-order valence-corrected chi connectivity index (χ0v) is 14.0. The number of nitrogens with zero attached hydrogens (tertiary/aromatic N) is 3. The maximum Gasteiger partial charge on any atom is 0.269 e. The van der Waals surface area contributed by atoms with E-state index < -0.39 is 5.91 Å². The van der Waals surface area contributed by atoms with Crippen LogP contribution in [0.25, 0.3) is 11.6 Å². The van der Waals surface area contributed by atoms with Crippen molar-refractivity contribution in [3.05, 3.63) is 37.3 Å². The quantitative estimate of drug-likeness (QED) is 0.795. The van der Waals surface area contributed by atoms with Gasteiger partial charge in [-0.1, -0.05) is 0 Å². The van der Waals surface area contributed by atoms with Crippen LogP contribution in [0.3, 0.4) is 0 Å². The lowest BCUT2D eigenvalue weighted by molar-refractivity contribution is -0.115. The number of aryl methyl sites for hydroxylation is 1. The van der Waals surface area contributed by atoms with Gasteiger partial charge in [0.25, 0.3) is 11.5 Å². The molecule has 0 spiro atoms. The van der Waals surface area contributed by atoms with Crippen LogP contribution in [-0.2, 0) is 11.3 Å². The fourth-order valence-corrected chi connectivity index (χ4v) is 3.22. The maximum absolute atomic E-state index is 12.5. The largest absolute Gasteiger partial charge is 0.352 e. The molecule has 0 aliphatic heterocycles. The molecule has 0 aliphatic carbocycles. The third kappa shape index (κ3) is 3.24. The number of hydrogen-bond donors (Lipinski definition) is 2. The Morgan fingerprint density at radius 3 is 2.83 bits per heavy atom. The summed E-state index contributed by atoms with van der Waals surface area (Å²) in [5, 5.41) is 11.9. The smallest absolute Gasteiger partial charge is 0.269 e. The molecule has 2 aromatic heterocycles. The summed E-state index contributed by atoms with van der Waals surface area (Å²) in [5.74, 6) is -0.471. The summed E-state index contributed by atoms with van der Waals surface area (Å²) in [5.41, 5.74) is 1.23. The minimum atomic E-state index is -0.471. The van der Waals surface area contributed by atoms with Crippen molar-refractivity contribution in [2.45, 2.75) is 27.3 Å². The maximum atomic E-state index is 12.5. The predicted octanol–water partition coefficient (Wildman–Crippen LogP) is -0.400. The number of hydrogen-bond acceptors (Lipinski definition) is 5. The van der Waals surface area contributed by atoms with Crippen LogP contribution in [0, 0.1) is 18.3 Å². The van der Waals surface area contributed by atoms with Crippen molar-refractivity contribution >= 4 is 28.9 Å². The number of aromatic amines is 1. The Labute approximate surface area is 136 Å². The Balaban J connectivity index is 2.78. The van der Waals surface area contributed by atoms with E-state index in [1.165, 1.54) is 4.57 Å². The van der Waals surface area contributed by atoms with Gasteiger partial charge in [0.05, 0.1) is 16.6 Å². The van der Waals surface area contributed by atoms with Crippen molar-refractivity contribution in [2.75, 3.05) is 6.54 Å². The predicted molar refractivity (Wildman–Crippen MR) is 88.1 cm³/mol. The first-order valence-electron chi connectivity index (χ1n) is 7.17. The number of nitrogens with one attached hydrogen (secondary N) is 2. The number of H-pyrrole nitrogens is 1. The number of imidazole rings is 1. The molecule has 2 aromatic rings. The van der Waals surface area contributed by atoms with Gasteiger partial charge in [0.1, 0.15) is 10.7 Å². The highest BCUT2D eigenvalue weighted by atomic mass is 32.1. The fourth-order valence-electron chi connectivity index (χ4n) is 2.08. The molecule has 23 heavy (non-hydrogen) atoms. The van der Waals surface area contributed by atoms with Crippen molar-refractivity contribution < 1.29 is 4.79 Å². The second kappa shape index (κ2) is 7.07. The Morgan fingerprint density at radius 1 is 1.57 bits per heavy atom. The van der Waals surface area contributed by atoms with Crippen LogP contribution in [0.5, 0.6) is 0 Å². The molecule has 0 fully saturated rings. The average Bonchev–Trinajstić information content (AvgIpc) is 3.05. The van der Waals surface area contributed by atoms with Crippen molar-refractivity contribution in [2.24, 2.45) is 0 Å². The van der Waals surface area contributed by atoms with E-state index in [2.05, 4.69) is 15.3 Å². The highest BCUT2D eigenvalue weighted by Crippen LogP contribution is 2.00. The fraction of sp³-hybridized carbons (Fsp3) is 0.333. The number of thiazole rings is 1. The summed E-state index contributed by atoms with van der Waals surface area (Å²) in [6, 6.07) is 1.91. The van der Waals surface area contributed by atoms with Crippen LogP contribution in [0.4, 0.5) is 0 Å². The van der Waals surface area contributed by atoms with Crippen LogP contribution in [-0.4, -0.2) is 27.0 Å². The first-order chi connectivity index (χ1) is 11.0. The Morgan fingerprint density at radius 2 is 2.30 bits per heavy atom. The molecule has 7 nitrogen and oxygen atoms in total. The third-order valence-corrected chi connectivity index (χ3v) is 4.38. The number of rotatable bonds is 4. The molecule has 0 saturated carbocycles. The molecular weight excluding hydrogens is 314 g/mol. The summed E-state index contributed by atoms with van der Waals surface area (Å²) in [6.07, 6.45) is 3.22. The summed E-state index contributed by atoms with van der Waals surface area (Å²) >= 11 is 1.13. The average molecular weight is 331 g/mol. The van der Waals surface area contributed by atoms with Crippen molar-refractivity contribution in [3.63, 3.8) is 0 Å². The number of aromatic nitrogens is 3. The van der Waals surface area contributed by atoms with E-state index in [-0.39, 0.29) is 11.1 Å². The Bertz CT molecular complexity index is 942. The van der Waals surface area contributed by atoms with E-state index in [1.54, 1.807) is 26.3 Å². The van der Waals surface area contributed by atoms with Gasteiger partial charge in [-0.2, -0.15) is 5.26 Å². The molecule has 2 N–H and O–H groups in total. The van der Waals surface area contributed by atoms with Crippen molar-refractivity contribution in [1.29, 1.82) is 5.26 Å². The van der Waals surface area contributed by atoms with Crippen LogP contribution >= 0.6 is 11.3 Å². The van der Waals surface area contributed by atoms with E-state index in [4.69, 9.17) is 0 Å². The van der Waals surface area contributed by atoms with Crippen LogP contribution in [0.1, 0.15) is 25.2 Å². The molecule has 0 aliphatic rings. The van der Waals surface area contributed by atoms with Gasteiger partial charge in [0.2, 0.25) is 0 Å². The topological polar surface area (TPSA) is 104 Å². The van der Waals surface area contributed by atoms with Gasteiger partial charge in [-0.05, 0) is 26.8 Å². The lowest BCUT2D eigenvalue weighted by Gasteiger charge is -2.00. The number of nitriles is 1. The highest BCUT2D eigenvalue weighted by Gasteiger charge is 2.14. The van der Waals surface area contributed by atoms with E-state index in [0.29, 0.717) is 28.0 Å². The number of carbonyl (C=O) groups excluding carboxylic acids is 1. The third-order valence-electron chi connectivity index (χ3n) is 3.25. The minimum Gasteiger partial charge on any atom is -0.352 e. The molecule has 120 valence electrons. The van der Waals surface area contributed by atoms with E-state index >= 15 is 0 Å². The van der Waals surface area contributed by atoms with Crippen molar-refractivity contribution in [1.82, 2.24) is 19.9 Å². The highest BCUT2D eigenvalue weighted by molar-refractivity contribution is 7.07. The lowest BCUT2D eigenvalue weighted by atomic mass is 10.3. The van der Waals surface area contributed by atoms with Gasteiger partial charge < -0.3 is 10.3 Å². The molecule has 1 amide bonds. The number of carbonyl (C=O) groups is 1. The van der Waals surface area contributed by atoms with Gasteiger partial charge in [0, 0.05) is 18.8 Å². The number of amides is 1. The van der Waals surface area contributed by atoms with Crippen LogP contribution < -0.4 is 20.1 Å². The minimum absolute atomic E-state index is 0.0470. The van der Waals surface area contributed by atoms with Crippen LogP contribution in [0.15, 0.2) is 11.1 Å². The molecule has 2 rings (SSSR count). The first-order valence-corrected chi connectivity index (χ1v) is 7.99. The van der Waals surface area contributed by atoms with Crippen molar-refractivity contribution in [3.8, 4) is 6.07 Å². The van der Waals surface area contributed by atoms with E-state index in [9.17, 15) is 14.9 Å². The van der Waals surface area contributed by atoms with Crippen LogP contribution in [0.2, 0.25) is 0 Å². The molecule has 8 heteroatoms. The molecular formula is C15H17N5O2S. The molecule has 0 aromatic carbocycles. The molecule has 0 radical (unpaired) electrons. The summed E-state index contributed by atoms with van der Waals surface area (Å²) in [7, 11) is 0. The zero-order chi connectivity index (χ0) is 17.0. The Kier molecular flexibility index (Phi) is 5.13. The van der Waals surface area contributed by atoms with Gasteiger partial charge in [-0.15, -0.1) is 11.3 Å². The monoisotopic (exact) mass is 331 g/mol. The van der Waals surface area contributed by atoms with Gasteiger partial charge in [-0.25, -0.2) is 4.98 Å². The van der Waals surface area contributed by atoms with Gasteiger partial charge in [-0.3, -0.25) is 14.2 Å². The van der Waals surface area contributed by atoms with E-state index in [1.807, 2.05) is 13.0 Å². The summed E-state index contributed by atoms with van der Waals surface area (Å²) in [4.78, 5) is 31.6. The molecule has 0 unspecified atom stereocenters. The lowest BCUT2D eigenvalue weighted by Crippen LogP contribution is -2.34.